The number of aliphatic hydroxyl groups excluding tert-OH is 1. The van der Waals surface area contributed by atoms with E-state index >= 15 is 0 Å². The number of imidazole rings is 1. The molecule has 0 spiro atoms. The molecule has 0 saturated heterocycles. The second-order valence-electron chi connectivity index (χ2n) is 5.73. The second kappa shape index (κ2) is 6.48. The lowest BCUT2D eigenvalue weighted by molar-refractivity contribution is 0.493. The van der Waals surface area contributed by atoms with Crippen LogP contribution in [0.2, 0.25) is 0 Å². The van der Waals surface area contributed by atoms with Gasteiger partial charge in [0.1, 0.15) is 20.8 Å². The first kappa shape index (κ1) is 16.6. The standard InChI is InChI=1S/C19H14N6OS/c20-10-12(18-23-13-8-4-5-9-14(13)24-18)19-25(11-6-2-1-3-7-11)16(21)15(27-19)17(22)26/h1-9,21,26H,22H2,(H,23,24)/b17-15?,19-12+,21-16?. The zero-order chi connectivity index (χ0) is 19.0. The number of aromatic nitrogens is 3. The Morgan fingerprint density at radius 2 is 1.89 bits per heavy atom. The van der Waals surface area contributed by atoms with Crippen molar-refractivity contribution in [2.45, 2.75) is 0 Å². The first-order valence-electron chi connectivity index (χ1n) is 8.00. The minimum Gasteiger partial charge on any atom is -0.494 e. The Bertz CT molecular complexity index is 1330. The summed E-state index contributed by atoms with van der Waals surface area (Å²) in [5.41, 5.74) is 8.05. The van der Waals surface area contributed by atoms with Gasteiger partial charge in [0.15, 0.2) is 11.3 Å². The summed E-state index contributed by atoms with van der Waals surface area (Å²) in [5, 5.41) is 28.1. The Balaban J connectivity index is 2.16. The molecule has 0 radical (unpaired) electrons. The fourth-order valence-electron chi connectivity index (χ4n) is 2.83. The highest BCUT2D eigenvalue weighted by atomic mass is 32.1. The maximum Gasteiger partial charge on any atom is 0.203 e. The number of nitrogens with two attached hydrogens (primary N) is 1. The SMILES string of the molecule is N#C/C(c1nc2ccccc2[nH]1)=c1\sc(=C(N)O)c(=N)n1-c1ccccc1. The molecule has 8 heteroatoms. The first-order valence-corrected chi connectivity index (χ1v) is 8.82. The van der Waals surface area contributed by atoms with Gasteiger partial charge in [-0.05, 0) is 24.3 Å². The van der Waals surface area contributed by atoms with E-state index in [1.807, 2.05) is 54.6 Å². The number of nitriles is 1. The van der Waals surface area contributed by atoms with Crippen molar-refractivity contribution in [2.24, 2.45) is 5.73 Å². The number of fused-ring (bicyclic) bond motifs is 1. The summed E-state index contributed by atoms with van der Waals surface area (Å²) in [4.78, 5) is 7.64. The number of thiazole rings is 1. The van der Waals surface area contributed by atoms with Gasteiger partial charge in [0.05, 0.1) is 11.0 Å². The molecule has 0 saturated carbocycles. The molecular weight excluding hydrogens is 360 g/mol. The van der Waals surface area contributed by atoms with Gasteiger partial charge in [0, 0.05) is 5.69 Å². The van der Waals surface area contributed by atoms with Gasteiger partial charge in [0.25, 0.3) is 0 Å². The van der Waals surface area contributed by atoms with E-state index in [1.54, 1.807) is 4.57 Å². The monoisotopic (exact) mass is 374 g/mol. The lowest BCUT2D eigenvalue weighted by Gasteiger charge is -2.03. The van der Waals surface area contributed by atoms with Crippen LogP contribution in [0.15, 0.2) is 54.6 Å². The molecule has 0 bridgehead atoms. The van der Waals surface area contributed by atoms with Gasteiger partial charge in [-0.25, -0.2) is 4.98 Å². The average Bonchev–Trinajstić information content (AvgIpc) is 3.24. The Morgan fingerprint density at radius 3 is 2.56 bits per heavy atom. The summed E-state index contributed by atoms with van der Waals surface area (Å²) < 4.78 is 2.23. The lowest BCUT2D eigenvalue weighted by atomic mass is 10.3. The topological polar surface area (TPSA) is 128 Å². The predicted octanol–water partition coefficient (Wildman–Crippen LogP) is 1.20. The number of H-pyrrole nitrogens is 1. The van der Waals surface area contributed by atoms with Crippen molar-refractivity contribution >= 4 is 33.8 Å². The van der Waals surface area contributed by atoms with E-state index in [1.165, 1.54) is 0 Å². The van der Waals surface area contributed by atoms with Gasteiger partial charge < -0.3 is 15.8 Å². The minimum absolute atomic E-state index is 0.00469. The van der Waals surface area contributed by atoms with Crippen LogP contribution in [0.25, 0.3) is 28.2 Å². The molecule has 0 atom stereocenters. The molecule has 4 aromatic rings. The van der Waals surface area contributed by atoms with Gasteiger partial charge >= 0.3 is 0 Å². The summed E-state index contributed by atoms with van der Waals surface area (Å²) in [6.07, 6.45) is 0. The molecule has 0 unspecified atom stereocenters. The van der Waals surface area contributed by atoms with Crippen molar-refractivity contribution in [3.63, 3.8) is 0 Å². The number of hydrogen-bond acceptors (Lipinski definition) is 6. The zero-order valence-electron chi connectivity index (χ0n) is 14.0. The maximum atomic E-state index is 9.85. The Labute approximate surface area is 157 Å². The Morgan fingerprint density at radius 1 is 1.19 bits per heavy atom. The van der Waals surface area contributed by atoms with Crippen molar-refractivity contribution in [2.75, 3.05) is 0 Å². The third-order valence-electron chi connectivity index (χ3n) is 4.04. The van der Waals surface area contributed by atoms with Crippen LogP contribution in [-0.4, -0.2) is 19.6 Å². The summed E-state index contributed by atoms with van der Waals surface area (Å²) in [6, 6.07) is 18.8. The summed E-state index contributed by atoms with van der Waals surface area (Å²) in [5.74, 6) is -0.0597. The summed E-state index contributed by atoms with van der Waals surface area (Å²) >= 11 is 1.07. The minimum atomic E-state index is -0.456. The molecule has 0 aliphatic rings. The van der Waals surface area contributed by atoms with Crippen LogP contribution >= 0.6 is 11.3 Å². The van der Waals surface area contributed by atoms with Crippen LogP contribution in [0.3, 0.4) is 0 Å². The molecule has 2 aromatic heterocycles. The molecule has 7 nitrogen and oxygen atoms in total. The molecule has 0 aliphatic carbocycles. The number of aromatic amines is 1. The smallest absolute Gasteiger partial charge is 0.203 e. The maximum absolute atomic E-state index is 9.85. The molecule has 27 heavy (non-hydrogen) atoms. The van der Waals surface area contributed by atoms with Gasteiger partial charge in [-0.15, -0.1) is 11.3 Å². The van der Waals surface area contributed by atoms with E-state index in [0.29, 0.717) is 16.2 Å². The van der Waals surface area contributed by atoms with Gasteiger partial charge in [-0.2, -0.15) is 5.26 Å². The summed E-state index contributed by atoms with van der Waals surface area (Å²) in [7, 11) is 0. The highest BCUT2D eigenvalue weighted by Crippen LogP contribution is 2.15. The second-order valence-corrected chi connectivity index (χ2v) is 6.73. The number of benzene rings is 2. The van der Waals surface area contributed by atoms with Crippen LogP contribution in [0, 0.1) is 16.7 Å². The Hall–Kier alpha value is -3.83. The molecule has 0 amide bonds. The third-order valence-corrected chi connectivity index (χ3v) is 5.23. The molecule has 4 rings (SSSR count). The van der Waals surface area contributed by atoms with Crippen molar-refractivity contribution < 1.29 is 5.11 Å². The quantitative estimate of drug-likeness (QED) is 0.420. The largest absolute Gasteiger partial charge is 0.494 e. The number of aliphatic hydroxyl groups is 1. The predicted molar refractivity (Wildman–Crippen MR) is 103 cm³/mol. The third kappa shape index (κ3) is 2.76. The lowest BCUT2D eigenvalue weighted by Crippen LogP contribution is -2.33. The number of nitrogens with one attached hydrogen (secondary N) is 2. The number of nitrogens with zero attached hydrogens (tertiary/aromatic N) is 3. The molecule has 2 aromatic carbocycles. The number of para-hydroxylation sites is 3. The van der Waals surface area contributed by atoms with Gasteiger partial charge in [0.2, 0.25) is 5.88 Å². The highest BCUT2D eigenvalue weighted by molar-refractivity contribution is 7.07. The number of rotatable bonds is 2. The summed E-state index contributed by atoms with van der Waals surface area (Å²) in [6.45, 7) is 0. The van der Waals surface area contributed by atoms with E-state index in [0.717, 1.165) is 22.4 Å². The fourth-order valence-corrected chi connectivity index (χ4v) is 3.85. The normalized spacial score (nSPS) is 13.3. The average molecular weight is 374 g/mol. The molecule has 0 aliphatic heterocycles. The highest BCUT2D eigenvalue weighted by Gasteiger charge is 2.15. The van der Waals surface area contributed by atoms with Crippen molar-refractivity contribution in [1.29, 1.82) is 10.7 Å². The molecule has 132 valence electrons. The zero-order valence-corrected chi connectivity index (χ0v) is 14.8. The van der Waals surface area contributed by atoms with Gasteiger partial charge in [-0.1, -0.05) is 30.3 Å². The van der Waals surface area contributed by atoms with Crippen molar-refractivity contribution in [3.8, 4) is 11.8 Å². The van der Waals surface area contributed by atoms with E-state index in [-0.39, 0.29) is 15.6 Å². The molecule has 0 fully saturated rings. The Kier molecular flexibility index (Phi) is 3.99. The number of hydrogen-bond donors (Lipinski definition) is 4. The molecular formula is C19H14N6OS. The van der Waals surface area contributed by atoms with E-state index in [2.05, 4.69) is 16.0 Å². The van der Waals surface area contributed by atoms with Crippen LogP contribution in [0.5, 0.6) is 0 Å². The van der Waals surface area contributed by atoms with Gasteiger partial charge in [-0.3, -0.25) is 9.98 Å². The van der Waals surface area contributed by atoms with Crippen LogP contribution in [-0.2, 0) is 0 Å². The van der Waals surface area contributed by atoms with Crippen LogP contribution < -0.4 is 20.4 Å². The van der Waals surface area contributed by atoms with Crippen LogP contribution in [0.4, 0.5) is 0 Å². The van der Waals surface area contributed by atoms with E-state index in [4.69, 9.17) is 11.1 Å². The fraction of sp³-hybridized carbons (Fsp3) is 0. The van der Waals surface area contributed by atoms with E-state index < -0.39 is 5.88 Å². The first-order chi connectivity index (χ1) is 13.1. The van der Waals surface area contributed by atoms with Crippen molar-refractivity contribution in [3.05, 3.63) is 75.1 Å². The molecule has 5 N–H and O–H groups in total. The van der Waals surface area contributed by atoms with Crippen LogP contribution in [0.1, 0.15) is 5.82 Å². The van der Waals surface area contributed by atoms with Crippen molar-refractivity contribution in [1.82, 2.24) is 14.5 Å². The molecule has 2 heterocycles. The van der Waals surface area contributed by atoms with E-state index in [9.17, 15) is 10.4 Å².